The van der Waals surface area contributed by atoms with Gasteiger partial charge in [0, 0.05) is 25.7 Å². The lowest BCUT2D eigenvalue weighted by Gasteiger charge is -2.17. The van der Waals surface area contributed by atoms with Gasteiger partial charge in [0.2, 0.25) is 11.8 Å². The molecular formula is C15H23N3O2. The van der Waals surface area contributed by atoms with Crippen LogP contribution in [0, 0.1) is 13.8 Å². The van der Waals surface area contributed by atoms with E-state index >= 15 is 0 Å². The van der Waals surface area contributed by atoms with Crippen molar-refractivity contribution in [3.63, 3.8) is 0 Å². The van der Waals surface area contributed by atoms with Crippen LogP contribution in [0.2, 0.25) is 0 Å². The van der Waals surface area contributed by atoms with Crippen LogP contribution in [-0.4, -0.2) is 43.9 Å². The van der Waals surface area contributed by atoms with Crippen molar-refractivity contribution in [1.29, 1.82) is 0 Å². The zero-order valence-electron chi connectivity index (χ0n) is 12.6. The Morgan fingerprint density at radius 3 is 2.60 bits per heavy atom. The number of likely N-dealkylation sites (N-methyl/N-ethyl adjacent to an activating group) is 1. The van der Waals surface area contributed by atoms with Gasteiger partial charge in [0.15, 0.2) is 0 Å². The molecular weight excluding hydrogens is 254 g/mol. The van der Waals surface area contributed by atoms with Crippen molar-refractivity contribution >= 4 is 17.5 Å². The molecule has 1 rings (SSSR count). The third kappa shape index (κ3) is 4.66. The third-order valence-electron chi connectivity index (χ3n) is 3.27. The fourth-order valence-electron chi connectivity index (χ4n) is 1.80. The smallest absolute Gasteiger partial charge is 0.243 e. The van der Waals surface area contributed by atoms with E-state index in [1.165, 1.54) is 4.90 Å². The molecule has 0 aliphatic rings. The van der Waals surface area contributed by atoms with E-state index in [1.807, 2.05) is 32.0 Å². The van der Waals surface area contributed by atoms with Gasteiger partial charge < -0.3 is 15.5 Å². The minimum Gasteiger partial charge on any atom is -0.336 e. The Morgan fingerprint density at radius 1 is 1.25 bits per heavy atom. The molecule has 0 saturated heterocycles. The second-order valence-corrected chi connectivity index (χ2v) is 4.90. The zero-order chi connectivity index (χ0) is 15.1. The second kappa shape index (κ2) is 7.65. The van der Waals surface area contributed by atoms with Gasteiger partial charge in [-0.15, -0.1) is 0 Å². The predicted molar refractivity (Wildman–Crippen MR) is 80.7 cm³/mol. The van der Waals surface area contributed by atoms with E-state index < -0.39 is 0 Å². The van der Waals surface area contributed by atoms with Gasteiger partial charge in [0.1, 0.15) is 0 Å². The molecule has 0 unspecified atom stereocenters. The first-order chi connectivity index (χ1) is 9.45. The molecule has 0 aliphatic heterocycles. The van der Waals surface area contributed by atoms with E-state index in [0.29, 0.717) is 13.0 Å². The molecule has 0 fully saturated rings. The molecule has 5 nitrogen and oxygen atoms in total. The first-order valence-electron chi connectivity index (χ1n) is 6.70. The summed E-state index contributed by atoms with van der Waals surface area (Å²) < 4.78 is 0. The van der Waals surface area contributed by atoms with Crippen LogP contribution in [0.3, 0.4) is 0 Å². The van der Waals surface area contributed by atoms with Crippen molar-refractivity contribution in [2.45, 2.75) is 20.3 Å². The van der Waals surface area contributed by atoms with Crippen molar-refractivity contribution in [2.75, 3.05) is 32.5 Å². The highest BCUT2D eigenvalue weighted by molar-refractivity contribution is 5.95. The lowest BCUT2D eigenvalue weighted by atomic mass is 10.1. The fraction of sp³-hybridized carbons (Fsp3) is 0.467. The lowest BCUT2D eigenvalue weighted by molar-refractivity contribution is -0.133. The lowest BCUT2D eigenvalue weighted by Crippen LogP contribution is -2.36. The Morgan fingerprint density at radius 2 is 1.95 bits per heavy atom. The van der Waals surface area contributed by atoms with Crippen LogP contribution in [0.4, 0.5) is 5.69 Å². The van der Waals surface area contributed by atoms with Crippen molar-refractivity contribution in [1.82, 2.24) is 10.2 Å². The van der Waals surface area contributed by atoms with E-state index in [1.54, 1.807) is 14.1 Å². The van der Waals surface area contributed by atoms with Gasteiger partial charge in [0.25, 0.3) is 0 Å². The van der Waals surface area contributed by atoms with Crippen LogP contribution in [0.15, 0.2) is 18.2 Å². The number of benzene rings is 1. The minimum absolute atomic E-state index is 0.0459. The number of hydrogen-bond donors (Lipinski definition) is 2. The van der Waals surface area contributed by atoms with Crippen molar-refractivity contribution in [2.24, 2.45) is 0 Å². The quantitative estimate of drug-likeness (QED) is 0.824. The van der Waals surface area contributed by atoms with Crippen molar-refractivity contribution in [3.05, 3.63) is 29.3 Å². The van der Waals surface area contributed by atoms with Gasteiger partial charge in [-0.25, -0.2) is 0 Å². The average Bonchev–Trinajstić information content (AvgIpc) is 2.41. The summed E-state index contributed by atoms with van der Waals surface area (Å²) in [6.07, 6.45) is 0.393. The molecule has 2 amide bonds. The molecule has 0 heterocycles. The Hall–Kier alpha value is -1.88. The monoisotopic (exact) mass is 277 g/mol. The highest BCUT2D eigenvalue weighted by Gasteiger charge is 2.13. The molecule has 0 saturated carbocycles. The number of hydrogen-bond acceptors (Lipinski definition) is 3. The molecule has 110 valence electrons. The van der Waals surface area contributed by atoms with Gasteiger partial charge in [0.05, 0.1) is 6.54 Å². The number of anilines is 1. The molecule has 0 radical (unpaired) electrons. The largest absolute Gasteiger partial charge is 0.336 e. The van der Waals surface area contributed by atoms with E-state index in [-0.39, 0.29) is 18.4 Å². The van der Waals surface area contributed by atoms with Crippen molar-refractivity contribution in [3.8, 4) is 0 Å². The highest BCUT2D eigenvalue weighted by atomic mass is 16.2. The summed E-state index contributed by atoms with van der Waals surface area (Å²) in [6, 6.07) is 5.77. The third-order valence-corrected chi connectivity index (χ3v) is 3.27. The van der Waals surface area contributed by atoms with E-state index in [9.17, 15) is 9.59 Å². The topological polar surface area (TPSA) is 61.4 Å². The fourth-order valence-corrected chi connectivity index (χ4v) is 1.80. The van der Waals surface area contributed by atoms with Crippen LogP contribution >= 0.6 is 0 Å². The maximum atomic E-state index is 11.9. The molecule has 0 spiro atoms. The highest BCUT2D eigenvalue weighted by Crippen LogP contribution is 2.17. The van der Waals surface area contributed by atoms with E-state index in [2.05, 4.69) is 10.6 Å². The second-order valence-electron chi connectivity index (χ2n) is 4.90. The van der Waals surface area contributed by atoms with Gasteiger partial charge in [-0.3, -0.25) is 9.59 Å². The minimum atomic E-state index is -0.181. The summed E-state index contributed by atoms with van der Waals surface area (Å²) in [4.78, 5) is 25.1. The Labute approximate surface area is 120 Å². The van der Waals surface area contributed by atoms with Crippen LogP contribution < -0.4 is 10.6 Å². The number of carbonyl (C=O) groups is 2. The van der Waals surface area contributed by atoms with Gasteiger partial charge in [-0.2, -0.15) is 0 Å². The predicted octanol–water partition coefficient (Wildman–Crippen LogP) is 1.31. The number of amides is 2. The molecule has 0 aliphatic carbocycles. The Balaban J connectivity index is 2.55. The van der Waals surface area contributed by atoms with Gasteiger partial charge in [-0.1, -0.05) is 12.1 Å². The normalized spacial score (nSPS) is 10.2. The summed E-state index contributed by atoms with van der Waals surface area (Å²) in [5.74, 6) is -0.227. The number of rotatable bonds is 6. The van der Waals surface area contributed by atoms with E-state index in [0.717, 1.165) is 16.8 Å². The Kier molecular flexibility index (Phi) is 6.18. The van der Waals surface area contributed by atoms with Gasteiger partial charge in [-0.05, 0) is 38.1 Å². The number of nitrogens with one attached hydrogen (secondary N) is 2. The summed E-state index contributed by atoms with van der Waals surface area (Å²) in [5.41, 5.74) is 2.97. The molecule has 2 N–H and O–H groups in total. The van der Waals surface area contributed by atoms with E-state index in [4.69, 9.17) is 0 Å². The summed E-state index contributed by atoms with van der Waals surface area (Å²) >= 11 is 0. The van der Waals surface area contributed by atoms with Crippen LogP contribution in [0.5, 0.6) is 0 Å². The maximum absolute atomic E-state index is 11.9. The first-order valence-corrected chi connectivity index (χ1v) is 6.70. The van der Waals surface area contributed by atoms with Crippen LogP contribution in [0.1, 0.15) is 17.5 Å². The molecule has 0 atom stereocenters. The number of carbonyl (C=O) groups excluding carboxylic acids is 2. The summed E-state index contributed by atoms with van der Waals surface area (Å²) in [6.45, 7) is 4.64. The Bertz CT molecular complexity index is 486. The summed E-state index contributed by atoms with van der Waals surface area (Å²) in [5, 5.41) is 5.76. The molecule has 1 aromatic rings. The standard InChI is InChI=1S/C15H23N3O2/c1-11-6-5-7-13(12(11)2)17-14(19)10-18(4)15(20)8-9-16-3/h5-7,16H,8-10H2,1-4H3,(H,17,19). The van der Waals surface area contributed by atoms with Crippen LogP contribution in [0.25, 0.3) is 0 Å². The number of nitrogens with zero attached hydrogens (tertiary/aromatic N) is 1. The molecule has 0 aromatic heterocycles. The molecule has 1 aromatic carbocycles. The first kappa shape index (κ1) is 16.2. The molecule has 20 heavy (non-hydrogen) atoms. The van der Waals surface area contributed by atoms with Crippen LogP contribution in [-0.2, 0) is 9.59 Å². The molecule has 0 bridgehead atoms. The van der Waals surface area contributed by atoms with Crippen molar-refractivity contribution < 1.29 is 9.59 Å². The molecule has 5 heteroatoms. The van der Waals surface area contributed by atoms with Gasteiger partial charge >= 0.3 is 0 Å². The maximum Gasteiger partial charge on any atom is 0.243 e. The zero-order valence-corrected chi connectivity index (χ0v) is 12.6. The summed E-state index contributed by atoms with van der Waals surface area (Å²) in [7, 11) is 3.43. The average molecular weight is 277 g/mol. The number of aryl methyl sites for hydroxylation is 1. The SMILES string of the molecule is CNCCC(=O)N(C)CC(=O)Nc1cccc(C)c1C.